The summed E-state index contributed by atoms with van der Waals surface area (Å²) in [6, 6.07) is 10.2. The Kier molecular flexibility index (Phi) is 3.79. The maximum absolute atomic E-state index is 11.9. The SMILES string of the molecule is COc1ccc(C(=O)Nc2ccc(Cl)nc2)cc1. The normalized spacial score (nSPS) is 9.89. The Bertz CT molecular complexity index is 538. The van der Waals surface area contributed by atoms with Crippen molar-refractivity contribution in [3.63, 3.8) is 0 Å². The summed E-state index contributed by atoms with van der Waals surface area (Å²) in [5.74, 6) is 0.501. The third kappa shape index (κ3) is 2.99. The lowest BCUT2D eigenvalue weighted by Gasteiger charge is -2.05. The Morgan fingerprint density at radius 3 is 2.50 bits per heavy atom. The molecule has 0 bridgehead atoms. The minimum atomic E-state index is -0.207. The molecular weight excluding hydrogens is 252 g/mol. The molecule has 0 spiro atoms. The molecule has 0 unspecified atom stereocenters. The zero-order valence-corrected chi connectivity index (χ0v) is 10.4. The molecule has 1 N–H and O–H groups in total. The predicted molar refractivity (Wildman–Crippen MR) is 70.2 cm³/mol. The first-order valence-electron chi connectivity index (χ1n) is 5.26. The van der Waals surface area contributed by atoms with E-state index in [9.17, 15) is 4.79 Å². The summed E-state index contributed by atoms with van der Waals surface area (Å²) in [6.07, 6.45) is 1.50. The van der Waals surface area contributed by atoms with Gasteiger partial charge in [-0.15, -0.1) is 0 Å². The van der Waals surface area contributed by atoms with E-state index in [-0.39, 0.29) is 5.91 Å². The second-order valence-electron chi connectivity index (χ2n) is 3.55. The van der Waals surface area contributed by atoms with E-state index < -0.39 is 0 Å². The summed E-state index contributed by atoms with van der Waals surface area (Å²) >= 11 is 5.66. The van der Waals surface area contributed by atoms with Gasteiger partial charge in [0.25, 0.3) is 5.91 Å². The van der Waals surface area contributed by atoms with Crippen LogP contribution in [0, 0.1) is 0 Å². The van der Waals surface area contributed by atoms with Crippen molar-refractivity contribution in [1.29, 1.82) is 0 Å². The van der Waals surface area contributed by atoms with Gasteiger partial charge >= 0.3 is 0 Å². The van der Waals surface area contributed by atoms with Crippen LogP contribution in [-0.4, -0.2) is 18.0 Å². The zero-order chi connectivity index (χ0) is 13.0. The summed E-state index contributed by atoms with van der Waals surface area (Å²) in [6.45, 7) is 0. The quantitative estimate of drug-likeness (QED) is 0.865. The van der Waals surface area contributed by atoms with E-state index in [1.54, 1.807) is 43.5 Å². The molecule has 0 saturated carbocycles. The van der Waals surface area contributed by atoms with Crippen molar-refractivity contribution in [2.45, 2.75) is 0 Å². The van der Waals surface area contributed by atoms with E-state index >= 15 is 0 Å². The van der Waals surface area contributed by atoms with Gasteiger partial charge in [-0.25, -0.2) is 4.98 Å². The van der Waals surface area contributed by atoms with E-state index in [1.807, 2.05) is 0 Å². The van der Waals surface area contributed by atoms with Crippen LogP contribution in [0.4, 0.5) is 5.69 Å². The number of methoxy groups -OCH3 is 1. The molecule has 0 fully saturated rings. The molecule has 92 valence electrons. The number of nitrogens with zero attached hydrogens (tertiary/aromatic N) is 1. The highest BCUT2D eigenvalue weighted by atomic mass is 35.5. The molecule has 2 rings (SSSR count). The maximum Gasteiger partial charge on any atom is 0.255 e. The number of rotatable bonds is 3. The molecule has 4 nitrogen and oxygen atoms in total. The Morgan fingerprint density at radius 1 is 1.22 bits per heavy atom. The van der Waals surface area contributed by atoms with Crippen LogP contribution in [0.5, 0.6) is 5.75 Å². The number of pyridine rings is 1. The molecule has 1 aromatic heterocycles. The fourth-order valence-electron chi connectivity index (χ4n) is 1.40. The van der Waals surface area contributed by atoms with Crippen LogP contribution < -0.4 is 10.1 Å². The number of carbonyl (C=O) groups is 1. The van der Waals surface area contributed by atoms with Gasteiger partial charge in [0, 0.05) is 5.56 Å². The average Bonchev–Trinajstić information content (AvgIpc) is 2.41. The fourth-order valence-corrected chi connectivity index (χ4v) is 1.51. The molecule has 0 radical (unpaired) electrons. The summed E-state index contributed by atoms with van der Waals surface area (Å²) in [5, 5.41) is 3.11. The van der Waals surface area contributed by atoms with E-state index in [0.717, 1.165) is 0 Å². The predicted octanol–water partition coefficient (Wildman–Crippen LogP) is 3.00. The molecule has 0 aliphatic carbocycles. The lowest BCUT2D eigenvalue weighted by molar-refractivity contribution is 0.102. The van der Waals surface area contributed by atoms with Crippen LogP contribution in [0.2, 0.25) is 5.15 Å². The zero-order valence-electron chi connectivity index (χ0n) is 9.68. The second kappa shape index (κ2) is 5.51. The van der Waals surface area contributed by atoms with E-state index in [1.165, 1.54) is 6.20 Å². The van der Waals surface area contributed by atoms with E-state index in [2.05, 4.69) is 10.3 Å². The largest absolute Gasteiger partial charge is 0.497 e. The number of aromatic nitrogens is 1. The summed E-state index contributed by atoms with van der Waals surface area (Å²) in [7, 11) is 1.58. The van der Waals surface area contributed by atoms with Crippen molar-refractivity contribution in [3.8, 4) is 5.75 Å². The van der Waals surface area contributed by atoms with Gasteiger partial charge < -0.3 is 10.1 Å². The molecule has 5 heteroatoms. The molecule has 0 aliphatic heterocycles. The Balaban J connectivity index is 2.09. The summed E-state index contributed by atoms with van der Waals surface area (Å²) in [4.78, 5) is 15.8. The van der Waals surface area contributed by atoms with Gasteiger partial charge in [0.2, 0.25) is 0 Å². The van der Waals surface area contributed by atoms with Crippen molar-refractivity contribution in [2.75, 3.05) is 12.4 Å². The van der Waals surface area contributed by atoms with Crippen LogP contribution in [0.25, 0.3) is 0 Å². The molecule has 1 aromatic carbocycles. The van der Waals surface area contributed by atoms with Crippen LogP contribution in [0.1, 0.15) is 10.4 Å². The van der Waals surface area contributed by atoms with Crippen molar-refractivity contribution in [2.24, 2.45) is 0 Å². The van der Waals surface area contributed by atoms with Crippen LogP contribution in [0.15, 0.2) is 42.6 Å². The molecule has 2 aromatic rings. The minimum Gasteiger partial charge on any atom is -0.497 e. The van der Waals surface area contributed by atoms with Crippen molar-refractivity contribution < 1.29 is 9.53 Å². The standard InChI is InChI=1S/C13H11ClN2O2/c1-18-11-5-2-9(3-6-11)13(17)16-10-4-7-12(14)15-8-10/h2-8H,1H3,(H,16,17). The number of benzene rings is 1. The number of hydrogen-bond donors (Lipinski definition) is 1. The highest BCUT2D eigenvalue weighted by Gasteiger charge is 2.06. The average molecular weight is 263 g/mol. The Morgan fingerprint density at radius 2 is 1.94 bits per heavy atom. The Labute approximate surface area is 110 Å². The number of ether oxygens (including phenoxy) is 1. The van der Waals surface area contributed by atoms with Gasteiger partial charge in [0.15, 0.2) is 0 Å². The summed E-state index contributed by atoms with van der Waals surface area (Å²) < 4.78 is 5.02. The topological polar surface area (TPSA) is 51.2 Å². The molecule has 1 amide bonds. The lowest BCUT2D eigenvalue weighted by Crippen LogP contribution is -2.11. The molecule has 18 heavy (non-hydrogen) atoms. The van der Waals surface area contributed by atoms with Gasteiger partial charge in [-0.3, -0.25) is 4.79 Å². The monoisotopic (exact) mass is 262 g/mol. The van der Waals surface area contributed by atoms with Crippen molar-refractivity contribution >= 4 is 23.2 Å². The number of amides is 1. The number of hydrogen-bond acceptors (Lipinski definition) is 3. The van der Waals surface area contributed by atoms with E-state index in [0.29, 0.717) is 22.2 Å². The maximum atomic E-state index is 11.9. The number of carbonyl (C=O) groups excluding carboxylic acids is 1. The van der Waals surface area contributed by atoms with E-state index in [4.69, 9.17) is 16.3 Å². The lowest BCUT2D eigenvalue weighted by atomic mass is 10.2. The minimum absolute atomic E-state index is 0.207. The number of anilines is 1. The highest BCUT2D eigenvalue weighted by Crippen LogP contribution is 2.14. The molecule has 1 heterocycles. The molecule has 0 saturated heterocycles. The second-order valence-corrected chi connectivity index (χ2v) is 3.94. The van der Waals surface area contributed by atoms with Crippen molar-refractivity contribution in [3.05, 3.63) is 53.3 Å². The smallest absolute Gasteiger partial charge is 0.255 e. The van der Waals surface area contributed by atoms with Gasteiger partial charge in [-0.05, 0) is 36.4 Å². The Hall–Kier alpha value is -2.07. The van der Waals surface area contributed by atoms with Gasteiger partial charge in [-0.1, -0.05) is 11.6 Å². The molecular formula is C13H11ClN2O2. The van der Waals surface area contributed by atoms with Crippen molar-refractivity contribution in [1.82, 2.24) is 4.98 Å². The van der Waals surface area contributed by atoms with Gasteiger partial charge in [0.05, 0.1) is 19.0 Å². The first kappa shape index (κ1) is 12.4. The van der Waals surface area contributed by atoms with Gasteiger partial charge in [-0.2, -0.15) is 0 Å². The first-order valence-corrected chi connectivity index (χ1v) is 5.64. The van der Waals surface area contributed by atoms with Gasteiger partial charge in [0.1, 0.15) is 10.9 Å². The first-order chi connectivity index (χ1) is 8.69. The van der Waals surface area contributed by atoms with Crippen LogP contribution in [0.3, 0.4) is 0 Å². The number of nitrogens with one attached hydrogen (secondary N) is 1. The summed E-state index contributed by atoms with van der Waals surface area (Å²) in [5.41, 5.74) is 1.14. The highest BCUT2D eigenvalue weighted by molar-refractivity contribution is 6.29. The van der Waals surface area contributed by atoms with Crippen LogP contribution >= 0.6 is 11.6 Å². The fraction of sp³-hybridized carbons (Fsp3) is 0.0769. The number of halogens is 1. The molecule has 0 aliphatic rings. The van der Waals surface area contributed by atoms with Crippen LogP contribution in [-0.2, 0) is 0 Å². The molecule has 0 atom stereocenters. The third-order valence-electron chi connectivity index (χ3n) is 2.34. The third-order valence-corrected chi connectivity index (χ3v) is 2.56.